The number of hydrogen-bond acceptors (Lipinski definition) is 5. The number of para-hydroxylation sites is 1. The van der Waals surface area contributed by atoms with E-state index in [-0.39, 0.29) is 18.3 Å². The summed E-state index contributed by atoms with van der Waals surface area (Å²) in [6, 6.07) is 16.6. The number of nitrogen functional groups attached to an aromatic ring is 1. The SMILES string of the molecule is Nc1cnn(CC(=O)Nc2ccc(Oc3ccccc3)cc2)n1. The van der Waals surface area contributed by atoms with Gasteiger partial charge < -0.3 is 15.8 Å². The fourth-order valence-electron chi connectivity index (χ4n) is 1.95. The van der Waals surface area contributed by atoms with Crippen LogP contribution in [0, 0.1) is 0 Å². The van der Waals surface area contributed by atoms with Crippen molar-refractivity contribution in [3.63, 3.8) is 0 Å². The molecule has 116 valence electrons. The van der Waals surface area contributed by atoms with E-state index in [9.17, 15) is 4.79 Å². The van der Waals surface area contributed by atoms with E-state index in [0.717, 1.165) is 5.75 Å². The van der Waals surface area contributed by atoms with E-state index in [0.29, 0.717) is 11.4 Å². The fraction of sp³-hybridized carbons (Fsp3) is 0.0625. The first kappa shape index (κ1) is 14.6. The Kier molecular flexibility index (Phi) is 4.19. The normalized spacial score (nSPS) is 10.3. The molecule has 0 radical (unpaired) electrons. The molecule has 0 bridgehead atoms. The second-order valence-electron chi connectivity index (χ2n) is 4.79. The molecule has 7 nitrogen and oxygen atoms in total. The molecule has 7 heteroatoms. The van der Waals surface area contributed by atoms with Gasteiger partial charge >= 0.3 is 0 Å². The summed E-state index contributed by atoms with van der Waals surface area (Å²) in [5, 5.41) is 10.5. The van der Waals surface area contributed by atoms with Gasteiger partial charge in [-0.3, -0.25) is 4.79 Å². The summed E-state index contributed by atoms with van der Waals surface area (Å²) < 4.78 is 5.69. The van der Waals surface area contributed by atoms with Gasteiger partial charge in [0.05, 0.1) is 6.20 Å². The van der Waals surface area contributed by atoms with E-state index < -0.39 is 0 Å². The maximum Gasteiger partial charge on any atom is 0.247 e. The average Bonchev–Trinajstić information content (AvgIpc) is 2.95. The van der Waals surface area contributed by atoms with Crippen LogP contribution in [0.3, 0.4) is 0 Å². The second-order valence-corrected chi connectivity index (χ2v) is 4.79. The monoisotopic (exact) mass is 309 g/mol. The smallest absolute Gasteiger partial charge is 0.247 e. The van der Waals surface area contributed by atoms with Crippen molar-refractivity contribution in [2.24, 2.45) is 0 Å². The Bertz CT molecular complexity index is 784. The van der Waals surface area contributed by atoms with E-state index in [1.165, 1.54) is 11.0 Å². The number of anilines is 2. The van der Waals surface area contributed by atoms with Crippen molar-refractivity contribution < 1.29 is 9.53 Å². The van der Waals surface area contributed by atoms with Gasteiger partial charge in [0.25, 0.3) is 0 Å². The Morgan fingerprint density at radius 3 is 2.43 bits per heavy atom. The summed E-state index contributed by atoms with van der Waals surface area (Å²) >= 11 is 0. The standard InChI is InChI=1S/C16H15N5O2/c17-15-10-18-21(20-15)11-16(22)19-12-6-8-14(9-7-12)23-13-4-2-1-3-5-13/h1-10H,11H2,(H2,17,20)(H,19,22). The minimum absolute atomic E-state index is 0.000529. The molecular formula is C16H15N5O2. The Hall–Kier alpha value is -3.35. The lowest BCUT2D eigenvalue weighted by molar-refractivity contribution is -0.117. The van der Waals surface area contributed by atoms with Gasteiger partial charge in [-0.15, -0.1) is 5.10 Å². The van der Waals surface area contributed by atoms with Gasteiger partial charge in [0.1, 0.15) is 18.0 Å². The number of benzene rings is 2. The third-order valence-electron chi connectivity index (χ3n) is 2.96. The minimum Gasteiger partial charge on any atom is -0.457 e. The summed E-state index contributed by atoms with van der Waals surface area (Å²) in [5.74, 6) is 1.49. The number of amides is 1. The molecule has 0 saturated heterocycles. The van der Waals surface area contributed by atoms with Crippen LogP contribution >= 0.6 is 0 Å². The molecule has 0 fully saturated rings. The van der Waals surface area contributed by atoms with Gasteiger partial charge in [0, 0.05) is 5.69 Å². The van der Waals surface area contributed by atoms with E-state index in [1.54, 1.807) is 24.3 Å². The number of rotatable bonds is 5. The number of nitrogens with zero attached hydrogens (tertiary/aromatic N) is 3. The van der Waals surface area contributed by atoms with Gasteiger partial charge in [0.15, 0.2) is 5.82 Å². The molecule has 23 heavy (non-hydrogen) atoms. The fourth-order valence-corrected chi connectivity index (χ4v) is 1.95. The molecule has 0 aliphatic carbocycles. The van der Waals surface area contributed by atoms with Crippen LogP contribution in [0.15, 0.2) is 60.8 Å². The largest absolute Gasteiger partial charge is 0.457 e. The lowest BCUT2D eigenvalue weighted by atomic mass is 10.3. The lowest BCUT2D eigenvalue weighted by Gasteiger charge is -2.08. The highest BCUT2D eigenvalue weighted by Crippen LogP contribution is 2.22. The molecule has 0 atom stereocenters. The zero-order valence-electron chi connectivity index (χ0n) is 12.2. The van der Waals surface area contributed by atoms with Crippen LogP contribution in [0.5, 0.6) is 11.5 Å². The molecule has 1 aromatic heterocycles. The summed E-state index contributed by atoms with van der Waals surface area (Å²) in [6.07, 6.45) is 1.39. The van der Waals surface area contributed by atoms with Crippen molar-refractivity contribution in [3.8, 4) is 11.5 Å². The molecule has 0 saturated carbocycles. The van der Waals surface area contributed by atoms with Gasteiger partial charge in [0.2, 0.25) is 5.91 Å². The van der Waals surface area contributed by atoms with Crippen LogP contribution < -0.4 is 15.8 Å². The van der Waals surface area contributed by atoms with Crippen molar-refractivity contribution in [2.75, 3.05) is 11.1 Å². The van der Waals surface area contributed by atoms with Gasteiger partial charge in [-0.2, -0.15) is 9.90 Å². The first-order valence-electron chi connectivity index (χ1n) is 6.97. The van der Waals surface area contributed by atoms with Gasteiger partial charge in [-0.1, -0.05) is 18.2 Å². The topological polar surface area (TPSA) is 95.1 Å². The van der Waals surface area contributed by atoms with E-state index in [2.05, 4.69) is 15.5 Å². The number of nitrogens with one attached hydrogen (secondary N) is 1. The Morgan fingerprint density at radius 2 is 1.78 bits per heavy atom. The van der Waals surface area contributed by atoms with Gasteiger partial charge in [-0.05, 0) is 36.4 Å². The summed E-state index contributed by atoms with van der Waals surface area (Å²) in [5.41, 5.74) is 6.11. The van der Waals surface area contributed by atoms with Crippen LogP contribution in [0.4, 0.5) is 11.5 Å². The highest BCUT2D eigenvalue weighted by atomic mass is 16.5. The van der Waals surface area contributed by atoms with Gasteiger partial charge in [-0.25, -0.2) is 0 Å². The molecule has 0 aliphatic rings. The zero-order valence-corrected chi connectivity index (χ0v) is 12.2. The molecule has 3 rings (SSSR count). The predicted octanol–water partition coefficient (Wildman–Crippen LogP) is 2.29. The summed E-state index contributed by atoms with van der Waals surface area (Å²) in [6.45, 7) is -0.000529. The number of carbonyl (C=O) groups excluding carboxylic acids is 1. The van der Waals surface area contributed by atoms with Crippen molar-refractivity contribution in [1.29, 1.82) is 0 Å². The molecule has 2 aromatic carbocycles. The number of ether oxygens (including phenoxy) is 1. The molecule has 1 amide bonds. The first-order chi connectivity index (χ1) is 11.2. The quantitative estimate of drug-likeness (QED) is 0.754. The number of aromatic nitrogens is 3. The Morgan fingerprint density at radius 1 is 1.09 bits per heavy atom. The molecule has 3 N–H and O–H groups in total. The van der Waals surface area contributed by atoms with Crippen molar-refractivity contribution in [3.05, 3.63) is 60.8 Å². The summed E-state index contributed by atoms with van der Waals surface area (Å²) in [7, 11) is 0. The zero-order chi connectivity index (χ0) is 16.1. The Labute approximate surface area is 132 Å². The minimum atomic E-state index is -0.239. The van der Waals surface area contributed by atoms with E-state index in [4.69, 9.17) is 10.5 Å². The maximum absolute atomic E-state index is 11.9. The number of carbonyl (C=O) groups is 1. The van der Waals surface area contributed by atoms with Crippen molar-refractivity contribution >= 4 is 17.4 Å². The third-order valence-corrected chi connectivity index (χ3v) is 2.96. The molecule has 0 unspecified atom stereocenters. The van der Waals surface area contributed by atoms with Crippen molar-refractivity contribution in [1.82, 2.24) is 15.0 Å². The number of nitrogens with two attached hydrogens (primary N) is 1. The molecule has 3 aromatic rings. The Balaban J connectivity index is 1.57. The molecular weight excluding hydrogens is 294 g/mol. The highest BCUT2D eigenvalue weighted by Gasteiger charge is 2.06. The summed E-state index contributed by atoms with van der Waals surface area (Å²) in [4.78, 5) is 13.1. The van der Waals surface area contributed by atoms with E-state index in [1.807, 2.05) is 30.3 Å². The average molecular weight is 309 g/mol. The third kappa shape index (κ3) is 4.07. The van der Waals surface area contributed by atoms with Crippen LogP contribution in [0.1, 0.15) is 0 Å². The van der Waals surface area contributed by atoms with Crippen molar-refractivity contribution in [2.45, 2.75) is 6.54 Å². The van der Waals surface area contributed by atoms with Crippen LogP contribution in [0.25, 0.3) is 0 Å². The number of hydrogen-bond donors (Lipinski definition) is 2. The van der Waals surface area contributed by atoms with E-state index >= 15 is 0 Å². The predicted molar refractivity (Wildman–Crippen MR) is 86.0 cm³/mol. The first-order valence-corrected chi connectivity index (χ1v) is 6.97. The second kappa shape index (κ2) is 6.61. The van der Waals surface area contributed by atoms with Crippen LogP contribution in [-0.2, 0) is 11.3 Å². The lowest BCUT2D eigenvalue weighted by Crippen LogP contribution is -2.20. The maximum atomic E-state index is 11.9. The van der Waals surface area contributed by atoms with Crippen LogP contribution in [-0.4, -0.2) is 20.9 Å². The molecule has 0 aliphatic heterocycles. The highest BCUT2D eigenvalue weighted by molar-refractivity contribution is 5.90. The van der Waals surface area contributed by atoms with Crippen LogP contribution in [0.2, 0.25) is 0 Å². The molecule has 1 heterocycles. The molecule has 0 spiro atoms.